The van der Waals surface area contributed by atoms with Gasteiger partial charge in [0, 0.05) is 34.4 Å². The number of amidine groups is 1. The van der Waals surface area contributed by atoms with Crippen LogP contribution in [0.1, 0.15) is 34.3 Å². The Morgan fingerprint density at radius 1 is 1.33 bits per heavy atom. The van der Waals surface area contributed by atoms with Gasteiger partial charge in [-0.2, -0.15) is 5.10 Å². The second kappa shape index (κ2) is 8.68. The van der Waals surface area contributed by atoms with Crippen molar-refractivity contribution in [3.05, 3.63) is 79.7 Å². The number of allylic oxidation sites excluding steroid dienone is 1. The molecule has 0 bridgehead atoms. The summed E-state index contributed by atoms with van der Waals surface area (Å²) in [7, 11) is 1.27. The first-order valence-corrected chi connectivity index (χ1v) is 11.4. The van der Waals surface area contributed by atoms with E-state index in [2.05, 4.69) is 25.5 Å². The van der Waals surface area contributed by atoms with Gasteiger partial charge in [0.15, 0.2) is 22.5 Å². The Labute approximate surface area is 196 Å². The molecule has 0 fully saturated rings. The van der Waals surface area contributed by atoms with E-state index >= 15 is 0 Å². The van der Waals surface area contributed by atoms with E-state index < -0.39 is 28.7 Å². The summed E-state index contributed by atoms with van der Waals surface area (Å²) in [5, 5.41) is 12.4. The number of aromatic amines is 1. The summed E-state index contributed by atoms with van der Waals surface area (Å²) in [5.41, 5.74) is 3.12. The number of fused-ring (bicyclic) bond motifs is 1. The topological polar surface area (TPSA) is 92.3 Å². The fourth-order valence-electron chi connectivity index (χ4n) is 4.31. The number of hydrogen-bond acceptors (Lipinski definition) is 7. The van der Waals surface area contributed by atoms with Crippen molar-refractivity contribution >= 4 is 34.7 Å². The number of carbonyl (C=O) groups excluding carboxylic acids is 1. The molecule has 0 saturated heterocycles. The van der Waals surface area contributed by atoms with Gasteiger partial charge >= 0.3 is 5.97 Å². The molecule has 11 heteroatoms. The van der Waals surface area contributed by atoms with Crippen molar-refractivity contribution < 1.29 is 18.3 Å². The minimum atomic E-state index is -1.19. The Morgan fingerprint density at radius 3 is 2.94 bits per heavy atom. The Balaban J connectivity index is 1.68. The number of aryl methyl sites for hydroxylation is 1. The van der Waals surface area contributed by atoms with E-state index in [1.54, 1.807) is 17.8 Å². The first-order chi connectivity index (χ1) is 16.0. The van der Waals surface area contributed by atoms with Gasteiger partial charge in [0.05, 0.1) is 23.9 Å². The minimum absolute atomic E-state index is 0.0822. The van der Waals surface area contributed by atoms with E-state index in [-0.39, 0.29) is 17.1 Å². The lowest BCUT2D eigenvalue weighted by molar-refractivity contribution is -0.136. The molecule has 33 heavy (non-hydrogen) atoms. The van der Waals surface area contributed by atoms with E-state index in [0.717, 1.165) is 30.2 Å². The number of benzene rings is 1. The molecular weight excluding hydrogens is 472 g/mol. The van der Waals surface area contributed by atoms with Crippen LogP contribution in [0, 0.1) is 17.6 Å². The Kier molecular flexibility index (Phi) is 5.71. The maximum absolute atomic E-state index is 14.4. The third-order valence-electron chi connectivity index (χ3n) is 5.90. The molecule has 1 aromatic carbocycles. The van der Waals surface area contributed by atoms with Crippen molar-refractivity contribution in [1.82, 2.24) is 20.5 Å². The number of nitrogens with zero attached hydrogens (tertiary/aromatic N) is 3. The smallest absolute Gasteiger partial charge is 0.338 e. The van der Waals surface area contributed by atoms with Crippen LogP contribution < -0.4 is 5.32 Å². The number of hydrogen-bond donors (Lipinski definition) is 2. The van der Waals surface area contributed by atoms with E-state index in [9.17, 15) is 13.6 Å². The molecule has 2 aliphatic rings. The van der Waals surface area contributed by atoms with Gasteiger partial charge in [0.2, 0.25) is 0 Å². The monoisotopic (exact) mass is 489 g/mol. The van der Waals surface area contributed by atoms with Gasteiger partial charge in [-0.25, -0.2) is 18.6 Å². The molecule has 1 aliphatic carbocycles. The lowest BCUT2D eigenvalue weighted by Gasteiger charge is -2.33. The van der Waals surface area contributed by atoms with Crippen LogP contribution in [0.4, 0.5) is 8.78 Å². The fraction of sp³-hybridized carbons (Fsp3) is 0.273. The van der Waals surface area contributed by atoms with Gasteiger partial charge in [-0.1, -0.05) is 17.7 Å². The summed E-state index contributed by atoms with van der Waals surface area (Å²) in [6, 6.07) is 1.32. The number of halogens is 3. The van der Waals surface area contributed by atoms with Gasteiger partial charge in [-0.15, -0.1) is 11.3 Å². The number of carbonyl (C=O) groups is 1. The molecule has 2 atom stereocenters. The van der Waals surface area contributed by atoms with E-state index in [0.29, 0.717) is 23.0 Å². The molecule has 0 amide bonds. The highest BCUT2D eigenvalue weighted by Gasteiger charge is 2.38. The second-order valence-electron chi connectivity index (χ2n) is 7.74. The molecular formula is C22H18ClF2N5O2S. The van der Waals surface area contributed by atoms with Crippen LogP contribution in [-0.2, 0) is 22.4 Å². The Morgan fingerprint density at radius 2 is 2.18 bits per heavy atom. The summed E-state index contributed by atoms with van der Waals surface area (Å²) in [6.07, 6.45) is 5.54. The standard InChI is InChI=1S/C22H18ClF2N5O2S/c1-32-22(31)15-18(10-2-5-14-11(8-10)9-27-30-14)28-20(21-26-6-7-33-21)29-19(15)12-3-4-13(24)17(25)16(12)23/h3-4,6-7,9-10,19H,2,5,8H2,1H3,(H,27,30)(H,28,29). The summed E-state index contributed by atoms with van der Waals surface area (Å²) in [5.74, 6) is -2.54. The first kappa shape index (κ1) is 21.7. The number of esters is 1. The molecule has 5 rings (SSSR count). The quantitative estimate of drug-likeness (QED) is 0.425. The molecule has 2 N–H and O–H groups in total. The average molecular weight is 490 g/mol. The highest BCUT2D eigenvalue weighted by atomic mass is 35.5. The molecule has 170 valence electrons. The second-order valence-corrected chi connectivity index (χ2v) is 9.01. The first-order valence-electron chi connectivity index (χ1n) is 10.2. The van der Waals surface area contributed by atoms with Crippen molar-refractivity contribution in [2.45, 2.75) is 25.3 Å². The highest BCUT2D eigenvalue weighted by Crippen LogP contribution is 2.41. The van der Waals surface area contributed by atoms with Crippen molar-refractivity contribution in [3.8, 4) is 0 Å². The van der Waals surface area contributed by atoms with E-state index in [4.69, 9.17) is 16.3 Å². The third-order valence-corrected chi connectivity index (χ3v) is 7.06. The van der Waals surface area contributed by atoms with Gasteiger partial charge in [-0.3, -0.25) is 10.1 Å². The zero-order valence-corrected chi connectivity index (χ0v) is 18.9. The maximum atomic E-state index is 14.4. The number of thiazole rings is 1. The Hall–Kier alpha value is -3.11. The van der Waals surface area contributed by atoms with Crippen LogP contribution in [0.25, 0.3) is 0 Å². The zero-order valence-electron chi connectivity index (χ0n) is 17.4. The highest BCUT2D eigenvalue weighted by molar-refractivity contribution is 7.11. The van der Waals surface area contributed by atoms with Crippen LogP contribution in [0.5, 0.6) is 0 Å². The predicted octanol–water partition coefficient (Wildman–Crippen LogP) is 4.12. The Bertz CT molecular complexity index is 1290. The van der Waals surface area contributed by atoms with Gasteiger partial charge in [-0.05, 0) is 30.9 Å². The number of aliphatic imine (C=N–C) groups is 1. The van der Waals surface area contributed by atoms with Crippen LogP contribution in [0.3, 0.4) is 0 Å². The summed E-state index contributed by atoms with van der Waals surface area (Å²) >= 11 is 7.56. The normalized spacial score (nSPS) is 20.2. The number of rotatable bonds is 4. The molecule has 0 saturated carbocycles. The molecule has 3 heterocycles. The van der Waals surface area contributed by atoms with Crippen LogP contribution >= 0.6 is 22.9 Å². The predicted molar refractivity (Wildman–Crippen MR) is 119 cm³/mol. The average Bonchev–Trinajstić information content (AvgIpc) is 3.53. The summed E-state index contributed by atoms with van der Waals surface area (Å²) in [4.78, 5) is 22.0. The SMILES string of the molecule is COC(=O)C1=C(C2CCc3[nH]ncc3C2)NC(c2nccs2)=NC1c1ccc(F)c(F)c1Cl. The minimum Gasteiger partial charge on any atom is -0.466 e. The van der Waals surface area contributed by atoms with Crippen molar-refractivity contribution in [2.75, 3.05) is 7.11 Å². The van der Waals surface area contributed by atoms with Gasteiger partial charge < -0.3 is 10.1 Å². The summed E-state index contributed by atoms with van der Waals surface area (Å²) in [6.45, 7) is 0. The zero-order chi connectivity index (χ0) is 23.1. The van der Waals surface area contributed by atoms with Crippen molar-refractivity contribution in [2.24, 2.45) is 10.9 Å². The number of nitrogens with one attached hydrogen (secondary N) is 2. The van der Waals surface area contributed by atoms with Gasteiger partial charge in [0.1, 0.15) is 6.04 Å². The van der Waals surface area contributed by atoms with E-state index in [1.165, 1.54) is 24.5 Å². The van der Waals surface area contributed by atoms with Crippen LogP contribution in [0.15, 0.2) is 46.2 Å². The third kappa shape index (κ3) is 3.83. The lowest BCUT2D eigenvalue weighted by atomic mass is 9.81. The molecule has 0 radical (unpaired) electrons. The molecule has 2 unspecified atom stereocenters. The van der Waals surface area contributed by atoms with Crippen molar-refractivity contribution in [1.29, 1.82) is 0 Å². The van der Waals surface area contributed by atoms with Crippen LogP contribution in [-0.4, -0.2) is 34.1 Å². The largest absolute Gasteiger partial charge is 0.466 e. The summed E-state index contributed by atoms with van der Waals surface area (Å²) < 4.78 is 33.3. The molecule has 1 aliphatic heterocycles. The van der Waals surface area contributed by atoms with Gasteiger partial charge in [0.25, 0.3) is 0 Å². The number of aromatic nitrogens is 3. The molecule has 2 aromatic heterocycles. The molecule has 3 aromatic rings. The number of H-pyrrole nitrogens is 1. The number of ether oxygens (including phenoxy) is 1. The maximum Gasteiger partial charge on any atom is 0.338 e. The molecule has 7 nitrogen and oxygen atoms in total. The van der Waals surface area contributed by atoms with E-state index in [1.807, 2.05) is 0 Å². The number of methoxy groups -OCH3 is 1. The fourth-order valence-corrected chi connectivity index (χ4v) is 5.15. The van der Waals surface area contributed by atoms with Crippen LogP contribution in [0.2, 0.25) is 5.02 Å². The molecule has 0 spiro atoms. The lowest BCUT2D eigenvalue weighted by Crippen LogP contribution is -2.38. The van der Waals surface area contributed by atoms with Crippen molar-refractivity contribution in [3.63, 3.8) is 0 Å².